The van der Waals surface area contributed by atoms with Gasteiger partial charge in [-0.05, 0) is 86.6 Å². The topological polar surface area (TPSA) is 88.6 Å². The Bertz CT molecular complexity index is 1860. The van der Waals surface area contributed by atoms with Crippen LogP contribution >= 0.6 is 11.6 Å². The molecule has 2 aliphatic rings. The van der Waals surface area contributed by atoms with Crippen LogP contribution in [0.25, 0.3) is 28.6 Å². The van der Waals surface area contributed by atoms with Crippen LogP contribution in [0.5, 0.6) is 0 Å². The number of nitrogens with zero attached hydrogens (tertiary/aromatic N) is 5. The van der Waals surface area contributed by atoms with Crippen LogP contribution in [0.1, 0.15) is 56.9 Å². The molecule has 4 heterocycles. The molecule has 1 fully saturated rings. The average Bonchev–Trinajstić information content (AvgIpc) is 3.39. The summed E-state index contributed by atoms with van der Waals surface area (Å²) in [6.45, 7) is 9.58. The van der Waals surface area contributed by atoms with Crippen molar-refractivity contribution < 1.29 is 4.52 Å². The third-order valence-corrected chi connectivity index (χ3v) is 9.00. The van der Waals surface area contributed by atoms with Gasteiger partial charge in [0.15, 0.2) is 0 Å². The maximum atomic E-state index is 13.7. The normalized spacial score (nSPS) is 15.9. The maximum Gasteiger partial charge on any atom is 0.259 e. The summed E-state index contributed by atoms with van der Waals surface area (Å²) < 4.78 is 6.71. The number of aryl methyl sites for hydroxylation is 1. The Kier molecular flexibility index (Phi) is 8.32. The lowest BCUT2D eigenvalue weighted by Crippen LogP contribution is -2.42. The number of rotatable bonds is 7. The zero-order valence-electron chi connectivity index (χ0n) is 25.2. The largest absolute Gasteiger partial charge is 0.340 e. The van der Waals surface area contributed by atoms with E-state index >= 15 is 0 Å². The van der Waals surface area contributed by atoms with Gasteiger partial charge in [0.2, 0.25) is 11.7 Å². The minimum atomic E-state index is -0.168. The summed E-state index contributed by atoms with van der Waals surface area (Å²) >= 11 is 6.70. The molecule has 0 unspecified atom stereocenters. The number of benzene rings is 2. The predicted molar refractivity (Wildman–Crippen MR) is 171 cm³/mol. The van der Waals surface area contributed by atoms with Crippen LogP contribution in [0, 0.1) is 6.92 Å². The van der Waals surface area contributed by atoms with Gasteiger partial charge in [0.05, 0.1) is 0 Å². The van der Waals surface area contributed by atoms with E-state index in [9.17, 15) is 4.79 Å². The summed E-state index contributed by atoms with van der Waals surface area (Å²) in [5, 5.41) is 8.87. The summed E-state index contributed by atoms with van der Waals surface area (Å²) in [4.78, 5) is 25.5. The number of aromatic nitrogens is 3. The quantitative estimate of drug-likeness (QED) is 0.290. The van der Waals surface area contributed by atoms with Gasteiger partial charge >= 0.3 is 0 Å². The minimum Gasteiger partial charge on any atom is -0.340 e. The van der Waals surface area contributed by atoms with Crippen LogP contribution in [-0.4, -0.2) is 39.2 Å². The first-order valence-corrected chi connectivity index (χ1v) is 15.4. The molecular weight excluding hydrogens is 560 g/mol. The van der Waals surface area contributed by atoms with Crippen LogP contribution in [0.4, 0.5) is 5.69 Å². The molecule has 4 aromatic rings. The molecule has 6 rings (SSSR count). The van der Waals surface area contributed by atoms with E-state index in [1.807, 2.05) is 18.2 Å². The van der Waals surface area contributed by atoms with Gasteiger partial charge in [-0.2, -0.15) is 4.98 Å². The smallest absolute Gasteiger partial charge is 0.259 e. The van der Waals surface area contributed by atoms with Gasteiger partial charge in [-0.1, -0.05) is 60.9 Å². The molecule has 0 atom stereocenters. The fraction of sp³-hybridized carbons (Fsp3) is 0.353. The molecule has 43 heavy (non-hydrogen) atoms. The van der Waals surface area contributed by atoms with Gasteiger partial charge < -0.3 is 14.7 Å². The Morgan fingerprint density at radius 3 is 2.47 bits per heavy atom. The second kappa shape index (κ2) is 12.3. The molecule has 0 aliphatic carbocycles. The number of allylic oxidation sites excluding steroid dienone is 1. The summed E-state index contributed by atoms with van der Waals surface area (Å²) in [5.74, 6) is 2.34. The van der Waals surface area contributed by atoms with E-state index in [4.69, 9.17) is 21.1 Å². The number of piperidine rings is 1. The summed E-state index contributed by atoms with van der Waals surface area (Å²) in [5.41, 5.74) is 5.91. The third-order valence-electron chi connectivity index (χ3n) is 8.68. The summed E-state index contributed by atoms with van der Waals surface area (Å²) in [6, 6.07) is 16.1. The molecular formula is C34H37ClN6O2. The lowest BCUT2D eigenvalue weighted by atomic mass is 9.89. The predicted octanol–water partition coefficient (Wildman–Crippen LogP) is 5.80. The Morgan fingerprint density at radius 2 is 1.81 bits per heavy atom. The van der Waals surface area contributed by atoms with E-state index in [2.05, 4.69) is 64.5 Å². The van der Waals surface area contributed by atoms with Gasteiger partial charge in [-0.3, -0.25) is 9.36 Å². The fourth-order valence-corrected chi connectivity index (χ4v) is 6.31. The lowest BCUT2D eigenvalue weighted by molar-refractivity contribution is 0.222. The third kappa shape index (κ3) is 5.94. The minimum absolute atomic E-state index is 0.168. The number of hydrogen-bond donors (Lipinski definition) is 1. The Labute approximate surface area is 256 Å². The number of pyridine rings is 1. The molecule has 2 aliphatic heterocycles. The highest BCUT2D eigenvalue weighted by Gasteiger charge is 2.20. The van der Waals surface area contributed by atoms with Crippen molar-refractivity contribution in [3.8, 4) is 22.5 Å². The number of fused-ring (bicyclic) bond motifs is 1. The van der Waals surface area contributed by atoms with E-state index < -0.39 is 0 Å². The summed E-state index contributed by atoms with van der Waals surface area (Å²) in [6.07, 6.45) is 6.12. The second-order valence-corrected chi connectivity index (χ2v) is 11.7. The van der Waals surface area contributed by atoms with E-state index in [0.717, 1.165) is 41.7 Å². The Hall–Kier alpha value is -4.01. The molecule has 0 spiro atoms. The molecule has 0 saturated carbocycles. The van der Waals surface area contributed by atoms with Crippen LogP contribution in [0.15, 0.2) is 74.2 Å². The average molecular weight is 597 g/mol. The highest BCUT2D eigenvalue weighted by atomic mass is 35.5. The van der Waals surface area contributed by atoms with Gasteiger partial charge in [0.25, 0.3) is 5.56 Å². The van der Waals surface area contributed by atoms with Crippen molar-refractivity contribution in [3.05, 3.63) is 97.5 Å². The first kappa shape index (κ1) is 29.1. The number of nitrogens with one attached hydrogen (secondary N) is 1. The van der Waals surface area contributed by atoms with E-state index in [0.29, 0.717) is 39.3 Å². The van der Waals surface area contributed by atoms with E-state index in [-0.39, 0.29) is 5.56 Å². The Balaban J connectivity index is 1.30. The molecule has 0 bridgehead atoms. The first-order valence-electron chi connectivity index (χ1n) is 15.1. The van der Waals surface area contributed by atoms with Crippen LogP contribution in [-0.2, 0) is 7.05 Å². The molecule has 1 saturated heterocycles. The molecule has 9 heteroatoms. The summed E-state index contributed by atoms with van der Waals surface area (Å²) in [7, 11) is 1.76. The van der Waals surface area contributed by atoms with Crippen molar-refractivity contribution in [3.63, 3.8) is 0 Å². The lowest BCUT2D eigenvalue weighted by Gasteiger charge is -2.31. The number of anilines is 1. The van der Waals surface area contributed by atoms with Crippen LogP contribution < -0.4 is 21.6 Å². The Morgan fingerprint density at radius 1 is 1.05 bits per heavy atom. The molecule has 8 nitrogen and oxygen atoms in total. The molecule has 1 N–H and O–H groups in total. The van der Waals surface area contributed by atoms with E-state index in [1.54, 1.807) is 24.6 Å². The fourth-order valence-electron chi connectivity index (χ4n) is 6.02. The van der Waals surface area contributed by atoms with Crippen LogP contribution in [0.3, 0.4) is 0 Å². The van der Waals surface area contributed by atoms with Crippen molar-refractivity contribution in [2.24, 2.45) is 12.0 Å². The van der Waals surface area contributed by atoms with Crippen molar-refractivity contribution in [2.45, 2.75) is 52.4 Å². The molecule has 2 aromatic carbocycles. The van der Waals surface area contributed by atoms with Crippen molar-refractivity contribution in [2.75, 3.05) is 25.0 Å². The van der Waals surface area contributed by atoms with Gasteiger partial charge in [-0.15, -0.1) is 0 Å². The second-order valence-electron chi connectivity index (χ2n) is 11.3. The molecule has 0 radical (unpaired) electrons. The highest BCUT2D eigenvalue weighted by Crippen LogP contribution is 2.31. The van der Waals surface area contributed by atoms with Gasteiger partial charge in [0.1, 0.15) is 11.3 Å². The van der Waals surface area contributed by atoms with Crippen molar-refractivity contribution in [1.82, 2.24) is 19.6 Å². The van der Waals surface area contributed by atoms with Crippen LogP contribution in [0.2, 0.25) is 5.02 Å². The number of hydrogen-bond acceptors (Lipinski definition) is 7. The number of halogens is 1. The molecule has 2 aromatic heterocycles. The van der Waals surface area contributed by atoms with Crippen molar-refractivity contribution in [1.29, 1.82) is 0 Å². The first-order chi connectivity index (χ1) is 20.8. The van der Waals surface area contributed by atoms with Crippen molar-refractivity contribution >= 4 is 23.4 Å². The molecule has 222 valence electrons. The highest BCUT2D eigenvalue weighted by molar-refractivity contribution is 6.33. The number of likely N-dealkylation sites (tertiary alicyclic amines) is 1. The maximum absolute atomic E-state index is 13.7. The zero-order valence-corrected chi connectivity index (χ0v) is 25.9. The SMILES string of the molecule is CCC1=C(Nc2ccc(C3CCN(CC)CC3)cc2)N=c2c(cc(-c3ccc(-c4noc(C)n4)cc3Cl)c(=O)n2C)=CC1. The molecule has 0 amide bonds. The standard InChI is InChI=1S/C34H37ClN6O2/c1-5-22-7-8-26-19-29(28-14-11-25(20-30(28)35)32-36-21(3)43-39-32)34(42)40(4)33(26)38-31(22)37-27-12-9-23(10-13-27)24-15-17-41(6-2)18-16-24/h8-14,19-20,24,37H,5-7,15-18H2,1-4H3. The monoisotopic (exact) mass is 596 g/mol. The van der Waals surface area contributed by atoms with E-state index in [1.165, 1.54) is 37.1 Å². The zero-order chi connectivity index (χ0) is 30.1. The van der Waals surface area contributed by atoms with Gasteiger partial charge in [0, 0.05) is 46.6 Å². The van der Waals surface area contributed by atoms with Gasteiger partial charge in [-0.25, -0.2) is 4.99 Å².